The van der Waals surface area contributed by atoms with Gasteiger partial charge in [0.15, 0.2) is 0 Å². The standard InChI is InChI=1S/C19H15N3O2/c1-24-19(23)18-16-4-2-3-12(16)7-14(9-20)17(18)13-5-6-22-11-21-10-15(22)8-13/h5-8,10-11H,2-4H2,1H3. The van der Waals surface area contributed by atoms with Crippen LogP contribution in [0.2, 0.25) is 0 Å². The van der Waals surface area contributed by atoms with E-state index in [4.69, 9.17) is 4.74 Å². The highest BCUT2D eigenvalue weighted by molar-refractivity contribution is 6.01. The molecule has 0 aliphatic heterocycles. The highest BCUT2D eigenvalue weighted by atomic mass is 16.5. The van der Waals surface area contributed by atoms with Crippen LogP contribution in [0, 0.1) is 11.3 Å². The smallest absolute Gasteiger partial charge is 0.338 e. The number of esters is 1. The summed E-state index contributed by atoms with van der Waals surface area (Å²) in [5.74, 6) is -0.381. The van der Waals surface area contributed by atoms with E-state index >= 15 is 0 Å². The predicted octanol–water partition coefficient (Wildman–Crippen LogP) is 3.15. The molecule has 0 atom stereocenters. The largest absolute Gasteiger partial charge is 0.465 e. The minimum absolute atomic E-state index is 0.381. The van der Waals surface area contributed by atoms with E-state index in [0.29, 0.717) is 16.7 Å². The van der Waals surface area contributed by atoms with Gasteiger partial charge in [0.2, 0.25) is 0 Å². The Kier molecular flexibility index (Phi) is 3.31. The first-order valence-electron chi connectivity index (χ1n) is 7.82. The number of aromatic nitrogens is 2. The molecule has 0 N–H and O–H groups in total. The van der Waals surface area contributed by atoms with Gasteiger partial charge in [0.1, 0.15) is 0 Å². The van der Waals surface area contributed by atoms with Crippen LogP contribution in [0.1, 0.15) is 33.5 Å². The van der Waals surface area contributed by atoms with Crippen LogP contribution in [-0.2, 0) is 17.6 Å². The summed E-state index contributed by atoms with van der Waals surface area (Å²) in [5.41, 5.74) is 5.55. The van der Waals surface area contributed by atoms with Crippen LogP contribution in [0.15, 0.2) is 36.9 Å². The summed E-state index contributed by atoms with van der Waals surface area (Å²) in [5, 5.41) is 9.64. The maximum absolute atomic E-state index is 12.5. The lowest BCUT2D eigenvalue weighted by Gasteiger charge is -2.15. The second kappa shape index (κ2) is 5.50. The van der Waals surface area contributed by atoms with Gasteiger partial charge in [-0.1, -0.05) is 0 Å². The van der Waals surface area contributed by atoms with E-state index in [9.17, 15) is 10.1 Å². The number of aryl methyl sites for hydroxylation is 1. The van der Waals surface area contributed by atoms with Crippen molar-refractivity contribution in [3.05, 3.63) is 59.2 Å². The van der Waals surface area contributed by atoms with Crippen molar-refractivity contribution in [2.75, 3.05) is 7.11 Å². The number of nitriles is 1. The summed E-state index contributed by atoms with van der Waals surface area (Å²) in [7, 11) is 1.38. The molecule has 0 bridgehead atoms. The molecule has 24 heavy (non-hydrogen) atoms. The van der Waals surface area contributed by atoms with Crippen LogP contribution in [0.4, 0.5) is 0 Å². The number of benzene rings is 1. The molecule has 3 aromatic rings. The van der Waals surface area contributed by atoms with Crippen LogP contribution >= 0.6 is 0 Å². The van der Waals surface area contributed by atoms with Crippen molar-refractivity contribution in [3.8, 4) is 17.2 Å². The van der Waals surface area contributed by atoms with Crippen LogP contribution in [0.5, 0.6) is 0 Å². The topological polar surface area (TPSA) is 67.4 Å². The highest BCUT2D eigenvalue weighted by Gasteiger charge is 2.27. The van der Waals surface area contributed by atoms with E-state index in [1.54, 1.807) is 12.5 Å². The molecule has 0 amide bonds. The van der Waals surface area contributed by atoms with E-state index < -0.39 is 0 Å². The third-order valence-electron chi connectivity index (χ3n) is 4.61. The number of fused-ring (bicyclic) bond motifs is 2. The normalized spacial score (nSPS) is 12.8. The second-order valence-electron chi connectivity index (χ2n) is 5.91. The first kappa shape index (κ1) is 14.5. The molecule has 0 radical (unpaired) electrons. The Bertz CT molecular complexity index is 1010. The first-order chi connectivity index (χ1) is 11.7. The van der Waals surface area contributed by atoms with E-state index in [1.807, 2.05) is 28.8 Å². The van der Waals surface area contributed by atoms with Crippen LogP contribution in [-0.4, -0.2) is 22.5 Å². The van der Waals surface area contributed by atoms with Gasteiger partial charge in [-0.25, -0.2) is 9.78 Å². The third kappa shape index (κ3) is 2.08. The fraction of sp³-hybridized carbons (Fsp3) is 0.211. The Balaban J connectivity index is 2.06. The number of methoxy groups -OCH3 is 1. The lowest BCUT2D eigenvalue weighted by Crippen LogP contribution is -2.10. The summed E-state index contributed by atoms with van der Waals surface area (Å²) >= 11 is 0. The van der Waals surface area contributed by atoms with Gasteiger partial charge in [-0.2, -0.15) is 5.26 Å². The molecule has 0 saturated heterocycles. The molecule has 1 aliphatic rings. The number of carbonyl (C=O) groups is 1. The molecule has 0 spiro atoms. The second-order valence-corrected chi connectivity index (χ2v) is 5.91. The molecule has 5 nitrogen and oxygen atoms in total. The Morgan fingerprint density at radius 1 is 1.38 bits per heavy atom. The highest BCUT2D eigenvalue weighted by Crippen LogP contribution is 2.37. The average molecular weight is 317 g/mol. The van der Waals surface area contributed by atoms with E-state index in [-0.39, 0.29) is 5.97 Å². The van der Waals surface area contributed by atoms with Gasteiger partial charge < -0.3 is 9.14 Å². The molecule has 2 aromatic heterocycles. The molecule has 1 aromatic carbocycles. The average Bonchev–Trinajstić information content (AvgIpc) is 3.27. The summed E-state index contributed by atoms with van der Waals surface area (Å²) in [4.78, 5) is 16.6. The molecule has 5 heteroatoms. The van der Waals surface area contributed by atoms with Gasteiger partial charge in [0.05, 0.1) is 42.3 Å². The third-order valence-corrected chi connectivity index (χ3v) is 4.61. The van der Waals surface area contributed by atoms with Crippen LogP contribution in [0.3, 0.4) is 0 Å². The quantitative estimate of drug-likeness (QED) is 0.681. The lowest BCUT2D eigenvalue weighted by molar-refractivity contribution is 0.0600. The van der Waals surface area contributed by atoms with Crippen molar-refractivity contribution in [1.82, 2.24) is 9.38 Å². The minimum Gasteiger partial charge on any atom is -0.465 e. The zero-order valence-electron chi connectivity index (χ0n) is 13.2. The molecule has 2 heterocycles. The Morgan fingerprint density at radius 3 is 3.04 bits per heavy atom. The van der Waals surface area contributed by atoms with Gasteiger partial charge in [0.25, 0.3) is 0 Å². The molecular weight excluding hydrogens is 302 g/mol. The molecule has 118 valence electrons. The molecule has 0 saturated carbocycles. The monoisotopic (exact) mass is 317 g/mol. The number of hydrogen-bond donors (Lipinski definition) is 0. The number of ether oxygens (including phenoxy) is 1. The van der Waals surface area contributed by atoms with Crippen molar-refractivity contribution in [1.29, 1.82) is 5.26 Å². The first-order valence-corrected chi connectivity index (χ1v) is 7.82. The maximum atomic E-state index is 12.5. The fourth-order valence-electron chi connectivity index (χ4n) is 3.53. The van der Waals surface area contributed by atoms with Crippen LogP contribution in [0.25, 0.3) is 16.6 Å². The summed E-state index contributed by atoms with van der Waals surface area (Å²) in [6.45, 7) is 0. The van der Waals surface area contributed by atoms with E-state index in [1.165, 1.54) is 7.11 Å². The summed E-state index contributed by atoms with van der Waals surface area (Å²) in [6, 6.07) is 8.02. The Labute approximate surface area is 139 Å². The number of hydrogen-bond acceptors (Lipinski definition) is 4. The van der Waals surface area contributed by atoms with Gasteiger partial charge in [-0.15, -0.1) is 0 Å². The molecular formula is C19H15N3O2. The van der Waals surface area contributed by atoms with Gasteiger partial charge >= 0.3 is 5.97 Å². The molecule has 1 aliphatic carbocycles. The van der Waals surface area contributed by atoms with Crippen molar-refractivity contribution in [2.45, 2.75) is 19.3 Å². The van der Waals surface area contributed by atoms with Crippen molar-refractivity contribution < 1.29 is 9.53 Å². The number of imidazole rings is 1. The maximum Gasteiger partial charge on any atom is 0.338 e. The van der Waals surface area contributed by atoms with E-state index in [2.05, 4.69) is 11.1 Å². The molecule has 0 unspecified atom stereocenters. The van der Waals surface area contributed by atoms with Gasteiger partial charge in [-0.3, -0.25) is 0 Å². The van der Waals surface area contributed by atoms with Crippen molar-refractivity contribution in [3.63, 3.8) is 0 Å². The zero-order valence-corrected chi connectivity index (χ0v) is 13.2. The summed E-state index contributed by atoms with van der Waals surface area (Å²) < 4.78 is 6.92. The Hall–Kier alpha value is -3.13. The van der Waals surface area contributed by atoms with Crippen molar-refractivity contribution in [2.24, 2.45) is 0 Å². The number of rotatable bonds is 2. The number of pyridine rings is 1. The lowest BCUT2D eigenvalue weighted by atomic mass is 9.89. The predicted molar refractivity (Wildman–Crippen MR) is 88.7 cm³/mol. The minimum atomic E-state index is -0.381. The molecule has 0 fully saturated rings. The SMILES string of the molecule is COC(=O)c1c2c(cc(C#N)c1-c1ccn3cncc3c1)CCC2. The van der Waals surface area contributed by atoms with Gasteiger partial charge in [0, 0.05) is 11.8 Å². The Morgan fingerprint density at radius 2 is 2.25 bits per heavy atom. The van der Waals surface area contributed by atoms with E-state index in [0.717, 1.165) is 41.5 Å². The van der Waals surface area contributed by atoms with Crippen LogP contribution < -0.4 is 0 Å². The zero-order chi connectivity index (χ0) is 16.7. The number of carbonyl (C=O) groups excluding carboxylic acids is 1. The fourth-order valence-corrected chi connectivity index (χ4v) is 3.53. The summed E-state index contributed by atoms with van der Waals surface area (Å²) in [6.07, 6.45) is 8.08. The van der Waals surface area contributed by atoms with Crippen molar-refractivity contribution >= 4 is 11.5 Å². The van der Waals surface area contributed by atoms with Gasteiger partial charge in [-0.05, 0) is 54.2 Å². The molecule has 4 rings (SSSR count). The number of nitrogens with zero attached hydrogens (tertiary/aromatic N) is 3.